The first-order chi connectivity index (χ1) is 13.6. The fourth-order valence-electron chi connectivity index (χ4n) is 2.22. The van der Waals surface area contributed by atoms with Gasteiger partial charge in [0.2, 0.25) is 0 Å². The number of carbonyl (C=O) groups is 1. The van der Waals surface area contributed by atoms with Crippen molar-refractivity contribution in [3.8, 4) is 0 Å². The molecule has 0 saturated carbocycles. The first kappa shape index (κ1) is 27.5. The third kappa shape index (κ3) is 12.7. The zero-order valence-electron chi connectivity index (χ0n) is 17.6. The molecule has 7 nitrogen and oxygen atoms in total. The van der Waals surface area contributed by atoms with Crippen LogP contribution in [0, 0.1) is 12.7 Å². The number of carbonyl (C=O) groups excluding carboxylic acids is 1. The summed E-state index contributed by atoms with van der Waals surface area (Å²) in [4.78, 5) is 16.1. The van der Waals surface area contributed by atoms with Crippen molar-refractivity contribution >= 4 is 35.8 Å². The molecular weight excluding hydrogens is 490 g/mol. The summed E-state index contributed by atoms with van der Waals surface area (Å²) in [5.74, 6) is -0.0678. The van der Waals surface area contributed by atoms with E-state index >= 15 is 0 Å². The van der Waals surface area contributed by atoms with Crippen molar-refractivity contribution < 1.29 is 18.7 Å². The van der Waals surface area contributed by atoms with E-state index in [9.17, 15) is 9.18 Å². The highest BCUT2D eigenvalue weighted by molar-refractivity contribution is 14.0. The van der Waals surface area contributed by atoms with Gasteiger partial charge in [0, 0.05) is 38.9 Å². The average molecular weight is 524 g/mol. The Morgan fingerprint density at radius 3 is 2.34 bits per heavy atom. The van der Waals surface area contributed by atoms with E-state index in [1.54, 1.807) is 26.1 Å². The molecule has 0 saturated heterocycles. The van der Waals surface area contributed by atoms with Crippen LogP contribution >= 0.6 is 24.0 Å². The summed E-state index contributed by atoms with van der Waals surface area (Å²) in [6.45, 7) is 7.80. The van der Waals surface area contributed by atoms with Crippen molar-refractivity contribution in [2.45, 2.75) is 26.7 Å². The maximum Gasteiger partial charge on any atom is 0.251 e. The predicted molar refractivity (Wildman–Crippen MR) is 125 cm³/mol. The van der Waals surface area contributed by atoms with Gasteiger partial charge in [-0.05, 0) is 31.0 Å². The van der Waals surface area contributed by atoms with Crippen LogP contribution in [0.4, 0.5) is 4.39 Å². The Morgan fingerprint density at radius 1 is 1.03 bits per heavy atom. The Kier molecular flexibility index (Phi) is 16.5. The van der Waals surface area contributed by atoms with Gasteiger partial charge in [-0.1, -0.05) is 19.4 Å². The van der Waals surface area contributed by atoms with E-state index in [2.05, 4.69) is 27.9 Å². The van der Waals surface area contributed by atoms with E-state index in [0.29, 0.717) is 56.5 Å². The fourth-order valence-corrected chi connectivity index (χ4v) is 2.22. The fraction of sp³-hybridized carbons (Fsp3) is 0.600. The van der Waals surface area contributed by atoms with E-state index in [1.807, 2.05) is 0 Å². The molecule has 1 amide bonds. The number of unbranched alkanes of at least 4 members (excludes halogenated alkanes) is 1. The number of rotatable bonds is 13. The van der Waals surface area contributed by atoms with Crippen molar-refractivity contribution in [1.82, 2.24) is 16.0 Å². The van der Waals surface area contributed by atoms with Gasteiger partial charge >= 0.3 is 0 Å². The molecule has 0 unspecified atom stereocenters. The Bertz CT molecular complexity index is 617. The van der Waals surface area contributed by atoms with E-state index in [-0.39, 0.29) is 35.7 Å². The minimum absolute atomic E-state index is 0. The molecule has 9 heteroatoms. The van der Waals surface area contributed by atoms with Crippen LogP contribution < -0.4 is 16.0 Å². The summed E-state index contributed by atoms with van der Waals surface area (Å²) < 4.78 is 24.4. The maximum atomic E-state index is 13.5. The molecular formula is C20H34FIN4O3. The minimum Gasteiger partial charge on any atom is -0.379 e. The smallest absolute Gasteiger partial charge is 0.251 e. The van der Waals surface area contributed by atoms with E-state index < -0.39 is 0 Å². The summed E-state index contributed by atoms with van der Waals surface area (Å²) in [6, 6.07) is 4.44. The van der Waals surface area contributed by atoms with Crippen LogP contribution in [0.1, 0.15) is 35.7 Å². The normalized spacial score (nSPS) is 11.0. The van der Waals surface area contributed by atoms with Crippen molar-refractivity contribution in [3.63, 3.8) is 0 Å². The first-order valence-corrected chi connectivity index (χ1v) is 9.72. The lowest BCUT2D eigenvalue weighted by molar-refractivity contribution is 0.0487. The molecule has 0 aliphatic carbocycles. The Labute approximate surface area is 190 Å². The van der Waals surface area contributed by atoms with Gasteiger partial charge in [0.25, 0.3) is 5.91 Å². The zero-order chi connectivity index (χ0) is 20.6. The highest BCUT2D eigenvalue weighted by atomic mass is 127. The van der Waals surface area contributed by atoms with Gasteiger partial charge in [0.05, 0.1) is 19.8 Å². The van der Waals surface area contributed by atoms with Crippen LogP contribution in [0.25, 0.3) is 0 Å². The van der Waals surface area contributed by atoms with E-state index in [4.69, 9.17) is 9.47 Å². The number of amides is 1. The standard InChI is InChI=1S/C20H33FN4O3.HI/c1-4-5-11-27-13-14-28-12-10-25-20(22-3)24-9-8-23-19(26)17-7-6-16(2)18(21)15-17;/h6-7,15H,4-5,8-14H2,1-3H3,(H,23,26)(H2,22,24,25);1H. The van der Waals surface area contributed by atoms with Crippen LogP contribution in [-0.2, 0) is 9.47 Å². The summed E-state index contributed by atoms with van der Waals surface area (Å²) >= 11 is 0. The summed E-state index contributed by atoms with van der Waals surface area (Å²) in [7, 11) is 1.67. The number of aryl methyl sites for hydroxylation is 1. The van der Waals surface area contributed by atoms with Gasteiger partial charge < -0.3 is 25.4 Å². The Hall–Kier alpha value is -1.46. The van der Waals surface area contributed by atoms with Gasteiger partial charge in [-0.3, -0.25) is 9.79 Å². The summed E-state index contributed by atoms with van der Waals surface area (Å²) in [5, 5.41) is 8.96. The number of halogens is 2. The molecule has 3 N–H and O–H groups in total. The molecule has 0 aliphatic rings. The monoisotopic (exact) mass is 524 g/mol. The number of ether oxygens (including phenoxy) is 2. The molecule has 166 valence electrons. The van der Waals surface area contributed by atoms with Crippen molar-refractivity contribution in [2.75, 3.05) is 53.1 Å². The highest BCUT2D eigenvalue weighted by Crippen LogP contribution is 2.08. The third-order valence-corrected chi connectivity index (χ3v) is 3.91. The number of nitrogens with one attached hydrogen (secondary N) is 3. The average Bonchev–Trinajstić information content (AvgIpc) is 2.70. The molecule has 29 heavy (non-hydrogen) atoms. The van der Waals surface area contributed by atoms with Gasteiger partial charge in [-0.25, -0.2) is 4.39 Å². The number of benzene rings is 1. The topological polar surface area (TPSA) is 84.0 Å². The Balaban J connectivity index is 0.00000784. The molecule has 0 bridgehead atoms. The minimum atomic E-state index is -0.384. The van der Waals surface area contributed by atoms with Crippen molar-refractivity contribution in [3.05, 3.63) is 35.1 Å². The van der Waals surface area contributed by atoms with E-state index in [0.717, 1.165) is 19.4 Å². The molecule has 0 fully saturated rings. The third-order valence-electron chi connectivity index (χ3n) is 3.91. The lowest BCUT2D eigenvalue weighted by Crippen LogP contribution is -2.42. The zero-order valence-corrected chi connectivity index (χ0v) is 19.9. The van der Waals surface area contributed by atoms with E-state index in [1.165, 1.54) is 6.07 Å². The molecule has 0 spiro atoms. The van der Waals surface area contributed by atoms with Crippen LogP contribution in [-0.4, -0.2) is 65.0 Å². The van der Waals surface area contributed by atoms with Crippen LogP contribution in [0.2, 0.25) is 0 Å². The number of aliphatic imine (C=N–C) groups is 1. The first-order valence-electron chi connectivity index (χ1n) is 9.72. The molecule has 0 atom stereocenters. The van der Waals surface area contributed by atoms with Crippen molar-refractivity contribution in [1.29, 1.82) is 0 Å². The Morgan fingerprint density at radius 2 is 1.69 bits per heavy atom. The van der Waals surface area contributed by atoms with Crippen LogP contribution in [0.15, 0.2) is 23.2 Å². The quantitative estimate of drug-likeness (QED) is 0.160. The second kappa shape index (κ2) is 17.4. The van der Waals surface area contributed by atoms with Gasteiger partial charge in [0.1, 0.15) is 5.82 Å². The van der Waals surface area contributed by atoms with Crippen LogP contribution in [0.5, 0.6) is 0 Å². The molecule has 0 heterocycles. The summed E-state index contributed by atoms with van der Waals surface area (Å²) in [6.07, 6.45) is 2.21. The molecule has 1 aromatic carbocycles. The van der Waals surface area contributed by atoms with Crippen LogP contribution in [0.3, 0.4) is 0 Å². The lowest BCUT2D eigenvalue weighted by Gasteiger charge is -2.12. The number of hydrogen-bond acceptors (Lipinski definition) is 4. The molecule has 0 radical (unpaired) electrons. The predicted octanol–water partition coefficient (Wildman–Crippen LogP) is 2.48. The summed E-state index contributed by atoms with van der Waals surface area (Å²) in [5.41, 5.74) is 0.822. The largest absolute Gasteiger partial charge is 0.379 e. The molecule has 0 aromatic heterocycles. The SMILES string of the molecule is CCCCOCCOCCNC(=NC)NCCNC(=O)c1ccc(C)c(F)c1.I. The maximum absolute atomic E-state index is 13.5. The molecule has 1 rings (SSSR count). The van der Waals surface area contributed by atoms with Crippen molar-refractivity contribution in [2.24, 2.45) is 4.99 Å². The van der Waals surface area contributed by atoms with Gasteiger partial charge in [-0.2, -0.15) is 0 Å². The molecule has 0 aliphatic heterocycles. The molecule has 1 aromatic rings. The number of nitrogens with zero attached hydrogens (tertiary/aromatic N) is 1. The number of guanidine groups is 1. The second-order valence-corrected chi connectivity index (χ2v) is 6.22. The van der Waals surface area contributed by atoms with Gasteiger partial charge in [0.15, 0.2) is 5.96 Å². The highest BCUT2D eigenvalue weighted by Gasteiger charge is 2.07. The lowest BCUT2D eigenvalue weighted by atomic mass is 10.1. The second-order valence-electron chi connectivity index (χ2n) is 6.22. The van der Waals surface area contributed by atoms with Gasteiger partial charge in [-0.15, -0.1) is 24.0 Å². The number of hydrogen-bond donors (Lipinski definition) is 3.